The summed E-state index contributed by atoms with van der Waals surface area (Å²) in [5, 5.41) is 3.63. The van der Waals surface area contributed by atoms with E-state index in [0.29, 0.717) is 6.04 Å². The van der Waals surface area contributed by atoms with E-state index >= 15 is 0 Å². The van der Waals surface area contributed by atoms with Crippen LogP contribution in [0, 0.1) is 0 Å². The minimum Gasteiger partial charge on any atom is -0.312 e. The van der Waals surface area contributed by atoms with Crippen molar-refractivity contribution >= 4 is 0 Å². The van der Waals surface area contributed by atoms with Crippen LogP contribution < -0.4 is 5.32 Å². The van der Waals surface area contributed by atoms with E-state index in [2.05, 4.69) is 51.3 Å². The molecule has 1 aliphatic rings. The van der Waals surface area contributed by atoms with Crippen molar-refractivity contribution < 1.29 is 0 Å². The quantitative estimate of drug-likeness (QED) is 0.732. The van der Waals surface area contributed by atoms with Gasteiger partial charge in [0.1, 0.15) is 0 Å². The van der Waals surface area contributed by atoms with Crippen molar-refractivity contribution in [1.82, 2.24) is 10.2 Å². The topological polar surface area (TPSA) is 15.3 Å². The lowest BCUT2D eigenvalue weighted by molar-refractivity contribution is 0.104. The van der Waals surface area contributed by atoms with E-state index in [1.54, 1.807) is 5.57 Å². The normalized spacial score (nSPS) is 19.8. The average Bonchev–Trinajstić information content (AvgIpc) is 2.36. The fraction of sp³-hybridized carbons (Fsp3) is 0.882. The molecule has 112 valence electrons. The summed E-state index contributed by atoms with van der Waals surface area (Å²) < 4.78 is 0. The molecule has 0 radical (unpaired) electrons. The molecule has 0 aromatic rings. The van der Waals surface area contributed by atoms with E-state index in [4.69, 9.17) is 0 Å². The fourth-order valence-electron chi connectivity index (χ4n) is 3.83. The Hall–Kier alpha value is -0.340. The summed E-state index contributed by atoms with van der Waals surface area (Å²) in [6, 6.07) is 0.496. The zero-order chi connectivity index (χ0) is 14.3. The van der Waals surface area contributed by atoms with Gasteiger partial charge in [-0.2, -0.15) is 0 Å². The third kappa shape index (κ3) is 3.82. The Morgan fingerprint density at radius 3 is 2.32 bits per heavy atom. The minimum absolute atomic E-state index is 0.250. The molecule has 2 nitrogen and oxygen atoms in total. The minimum atomic E-state index is 0.250. The van der Waals surface area contributed by atoms with Crippen LogP contribution in [0.1, 0.15) is 65.2 Å². The number of likely N-dealkylation sites (N-methyl/N-ethyl adjacent to an activating group) is 2. The number of hydrogen-bond donors (Lipinski definition) is 1. The average molecular weight is 266 g/mol. The molecule has 0 bridgehead atoms. The predicted octanol–water partition coefficient (Wildman–Crippen LogP) is 3.98. The first-order valence-corrected chi connectivity index (χ1v) is 8.16. The van der Waals surface area contributed by atoms with Gasteiger partial charge in [-0.15, -0.1) is 0 Å². The second-order valence-electron chi connectivity index (χ2n) is 6.16. The van der Waals surface area contributed by atoms with Gasteiger partial charge in [0.05, 0.1) is 0 Å². The Bertz CT molecular complexity index is 277. The molecular weight excluding hydrogens is 232 g/mol. The second-order valence-corrected chi connectivity index (χ2v) is 6.16. The van der Waals surface area contributed by atoms with Crippen molar-refractivity contribution in [3.8, 4) is 0 Å². The molecule has 0 aliphatic heterocycles. The molecule has 0 spiro atoms. The maximum atomic E-state index is 3.63. The summed E-state index contributed by atoms with van der Waals surface area (Å²) in [6.07, 6.45) is 13.0. The Kier molecular flexibility index (Phi) is 7.09. The van der Waals surface area contributed by atoms with Crippen molar-refractivity contribution in [1.29, 1.82) is 0 Å². The lowest BCUT2D eigenvalue weighted by atomic mass is 9.77. The van der Waals surface area contributed by atoms with E-state index in [9.17, 15) is 0 Å². The van der Waals surface area contributed by atoms with Crippen LogP contribution in [-0.4, -0.2) is 37.6 Å². The molecule has 0 saturated heterocycles. The van der Waals surface area contributed by atoms with E-state index in [-0.39, 0.29) is 5.54 Å². The molecule has 1 unspecified atom stereocenters. The van der Waals surface area contributed by atoms with Gasteiger partial charge < -0.3 is 10.2 Å². The van der Waals surface area contributed by atoms with Crippen molar-refractivity contribution in [2.24, 2.45) is 0 Å². The number of allylic oxidation sites excluding steroid dienone is 1. The summed E-state index contributed by atoms with van der Waals surface area (Å²) in [4.78, 5) is 2.44. The highest BCUT2D eigenvalue weighted by Gasteiger charge is 2.38. The third-order valence-electron chi connectivity index (χ3n) is 5.14. The van der Waals surface area contributed by atoms with Gasteiger partial charge in [0.2, 0.25) is 0 Å². The smallest absolute Gasteiger partial charge is 0.0463 e. The second kappa shape index (κ2) is 8.06. The number of rotatable bonds is 6. The predicted molar refractivity (Wildman–Crippen MR) is 85.6 cm³/mol. The standard InChI is InChI=1S/C17H34N2/c1-6-17(7-2,19(4)5)16(18-3)15-13-11-9-8-10-12-14-15/h13,16,18H,6-12,14H2,1-5H3. The van der Waals surface area contributed by atoms with Gasteiger partial charge in [0, 0.05) is 11.6 Å². The van der Waals surface area contributed by atoms with Crippen molar-refractivity contribution in [2.45, 2.75) is 76.8 Å². The van der Waals surface area contributed by atoms with Crippen LogP contribution in [0.15, 0.2) is 11.6 Å². The van der Waals surface area contributed by atoms with Gasteiger partial charge in [0.25, 0.3) is 0 Å². The maximum Gasteiger partial charge on any atom is 0.0463 e. The third-order valence-corrected chi connectivity index (χ3v) is 5.14. The Balaban J connectivity index is 3.01. The highest BCUT2D eigenvalue weighted by Crippen LogP contribution is 2.33. The summed E-state index contributed by atoms with van der Waals surface area (Å²) in [5.74, 6) is 0. The molecule has 1 aliphatic carbocycles. The molecule has 0 fully saturated rings. The van der Waals surface area contributed by atoms with Gasteiger partial charge in [0.15, 0.2) is 0 Å². The van der Waals surface area contributed by atoms with Crippen LogP contribution in [0.25, 0.3) is 0 Å². The number of nitrogens with one attached hydrogen (secondary N) is 1. The molecule has 0 aromatic heterocycles. The fourth-order valence-corrected chi connectivity index (χ4v) is 3.83. The molecule has 0 amide bonds. The highest BCUT2D eigenvalue weighted by atomic mass is 15.2. The molecule has 0 heterocycles. The number of nitrogens with zero attached hydrogens (tertiary/aromatic N) is 1. The SMILES string of the molecule is CCC(CC)(C(NC)C1=CCCCCCC1)N(C)C. The first kappa shape index (κ1) is 16.7. The highest BCUT2D eigenvalue weighted by molar-refractivity contribution is 5.19. The van der Waals surface area contributed by atoms with Crippen LogP contribution >= 0.6 is 0 Å². The lowest BCUT2D eigenvalue weighted by Crippen LogP contribution is -2.58. The van der Waals surface area contributed by atoms with Crippen LogP contribution in [0.5, 0.6) is 0 Å². The Morgan fingerprint density at radius 1 is 1.16 bits per heavy atom. The molecule has 0 aromatic carbocycles. The zero-order valence-corrected chi connectivity index (χ0v) is 13.8. The maximum absolute atomic E-state index is 3.63. The molecular formula is C17H34N2. The summed E-state index contributed by atoms with van der Waals surface area (Å²) in [5.41, 5.74) is 1.90. The Morgan fingerprint density at radius 2 is 1.79 bits per heavy atom. The molecule has 1 rings (SSSR count). The van der Waals surface area contributed by atoms with Crippen molar-refractivity contribution in [2.75, 3.05) is 21.1 Å². The van der Waals surface area contributed by atoms with E-state index in [1.807, 2.05) is 0 Å². The monoisotopic (exact) mass is 266 g/mol. The van der Waals surface area contributed by atoms with Crippen molar-refractivity contribution in [3.63, 3.8) is 0 Å². The van der Waals surface area contributed by atoms with Crippen molar-refractivity contribution in [3.05, 3.63) is 11.6 Å². The van der Waals surface area contributed by atoms with Crippen LogP contribution in [-0.2, 0) is 0 Å². The molecule has 19 heavy (non-hydrogen) atoms. The largest absolute Gasteiger partial charge is 0.312 e. The zero-order valence-electron chi connectivity index (χ0n) is 13.8. The molecule has 0 saturated carbocycles. The lowest BCUT2D eigenvalue weighted by Gasteiger charge is -2.46. The van der Waals surface area contributed by atoms with E-state index in [0.717, 1.165) is 0 Å². The summed E-state index contributed by atoms with van der Waals surface area (Å²) in [7, 11) is 6.61. The van der Waals surface area contributed by atoms with Gasteiger partial charge in [-0.25, -0.2) is 0 Å². The van der Waals surface area contributed by atoms with Gasteiger partial charge in [-0.1, -0.05) is 38.3 Å². The van der Waals surface area contributed by atoms with Crippen LogP contribution in [0.4, 0.5) is 0 Å². The van der Waals surface area contributed by atoms with Crippen LogP contribution in [0.2, 0.25) is 0 Å². The summed E-state index contributed by atoms with van der Waals surface area (Å²) in [6.45, 7) is 4.66. The first-order valence-electron chi connectivity index (χ1n) is 8.16. The van der Waals surface area contributed by atoms with Crippen LogP contribution in [0.3, 0.4) is 0 Å². The van der Waals surface area contributed by atoms with E-state index < -0.39 is 0 Å². The molecule has 1 N–H and O–H groups in total. The van der Waals surface area contributed by atoms with E-state index in [1.165, 1.54) is 51.4 Å². The van der Waals surface area contributed by atoms with Gasteiger partial charge in [-0.05, 0) is 59.7 Å². The number of hydrogen-bond acceptors (Lipinski definition) is 2. The Labute approximate surface area is 120 Å². The molecule has 1 atom stereocenters. The molecule has 2 heteroatoms. The van der Waals surface area contributed by atoms with Gasteiger partial charge >= 0.3 is 0 Å². The summed E-state index contributed by atoms with van der Waals surface area (Å²) >= 11 is 0. The van der Waals surface area contributed by atoms with Gasteiger partial charge in [-0.3, -0.25) is 0 Å². The first-order chi connectivity index (χ1) is 9.12.